The molecule has 1 fully saturated rings. The van der Waals surface area contributed by atoms with Crippen LogP contribution in [0, 0.1) is 11.7 Å². The van der Waals surface area contributed by atoms with Crippen molar-refractivity contribution in [1.82, 2.24) is 10.2 Å². The molecule has 1 aromatic carbocycles. The van der Waals surface area contributed by atoms with Crippen molar-refractivity contribution in [2.24, 2.45) is 5.92 Å². The van der Waals surface area contributed by atoms with E-state index in [1.165, 1.54) is 12.1 Å². The van der Waals surface area contributed by atoms with Gasteiger partial charge in [-0.25, -0.2) is 4.39 Å². The highest BCUT2D eigenvalue weighted by Gasteiger charge is 2.26. The lowest BCUT2D eigenvalue weighted by Gasteiger charge is -2.22. The first-order valence-corrected chi connectivity index (χ1v) is 8.55. The first-order chi connectivity index (χ1) is 11.5. The Morgan fingerprint density at radius 1 is 1.33 bits per heavy atom. The third kappa shape index (κ3) is 5.76. The number of carbonyl (C=O) groups excluding carboxylic acids is 1. The van der Waals surface area contributed by atoms with Gasteiger partial charge in [0.15, 0.2) is 0 Å². The average Bonchev–Trinajstić information content (AvgIpc) is 2.72. The molecular formula is C18H27FN2O3. The quantitative estimate of drug-likeness (QED) is 0.830. The Labute approximate surface area is 142 Å². The summed E-state index contributed by atoms with van der Waals surface area (Å²) in [5, 5.41) is 13.2. The van der Waals surface area contributed by atoms with Gasteiger partial charge in [0.1, 0.15) is 18.2 Å². The van der Waals surface area contributed by atoms with E-state index < -0.39 is 6.10 Å². The minimum Gasteiger partial charge on any atom is -0.492 e. The molecule has 2 rings (SSSR count). The molecule has 1 heterocycles. The predicted octanol–water partition coefficient (Wildman–Crippen LogP) is 1.80. The molecule has 1 aromatic rings. The third-order valence-electron chi connectivity index (χ3n) is 4.30. The van der Waals surface area contributed by atoms with Crippen molar-refractivity contribution in [2.45, 2.75) is 38.8 Å². The largest absolute Gasteiger partial charge is 0.492 e. The Morgan fingerprint density at radius 2 is 2.00 bits per heavy atom. The van der Waals surface area contributed by atoms with E-state index in [0.29, 0.717) is 18.8 Å². The maximum Gasteiger partial charge on any atom is 0.222 e. The second-order valence-corrected chi connectivity index (χ2v) is 6.56. The second kappa shape index (κ2) is 8.99. The van der Waals surface area contributed by atoms with Gasteiger partial charge in [-0.1, -0.05) is 13.8 Å². The van der Waals surface area contributed by atoms with Crippen LogP contribution in [0.4, 0.5) is 4.39 Å². The number of nitrogens with one attached hydrogen (secondary N) is 1. The standard InChI is InChI=1S/C18H27FN2O3/c1-13(2)18(23)20-16-7-9-21(10-8-17(16)22)11-12-24-15-5-3-14(19)4-6-15/h3-6,13,16-17,22H,7-12H2,1-2H3,(H,20,23)/t16-,17-/m0/s1. The number of amides is 1. The van der Waals surface area contributed by atoms with Gasteiger partial charge in [0.25, 0.3) is 0 Å². The van der Waals surface area contributed by atoms with E-state index in [2.05, 4.69) is 10.2 Å². The van der Waals surface area contributed by atoms with E-state index in [9.17, 15) is 14.3 Å². The fourth-order valence-electron chi connectivity index (χ4n) is 2.71. The average molecular weight is 338 g/mol. The van der Waals surface area contributed by atoms with Crippen molar-refractivity contribution < 1.29 is 19.0 Å². The molecule has 1 aliphatic rings. The maximum absolute atomic E-state index is 12.8. The highest BCUT2D eigenvalue weighted by atomic mass is 19.1. The zero-order chi connectivity index (χ0) is 17.5. The number of carbonyl (C=O) groups is 1. The van der Waals surface area contributed by atoms with Crippen LogP contribution < -0.4 is 10.1 Å². The van der Waals surface area contributed by atoms with Crippen molar-refractivity contribution in [3.8, 4) is 5.75 Å². The van der Waals surface area contributed by atoms with Crippen LogP contribution in [0.2, 0.25) is 0 Å². The first kappa shape index (κ1) is 18.7. The van der Waals surface area contributed by atoms with Gasteiger partial charge in [0.2, 0.25) is 5.91 Å². The molecule has 2 atom stereocenters. The number of ether oxygens (including phenoxy) is 1. The van der Waals surface area contributed by atoms with Crippen molar-refractivity contribution in [1.29, 1.82) is 0 Å². The fourth-order valence-corrected chi connectivity index (χ4v) is 2.71. The zero-order valence-electron chi connectivity index (χ0n) is 14.4. The molecule has 6 heteroatoms. The van der Waals surface area contributed by atoms with Gasteiger partial charge in [-0.2, -0.15) is 0 Å². The summed E-state index contributed by atoms with van der Waals surface area (Å²) in [5.41, 5.74) is 0. The summed E-state index contributed by atoms with van der Waals surface area (Å²) in [7, 11) is 0. The number of rotatable bonds is 6. The Morgan fingerprint density at radius 3 is 2.67 bits per heavy atom. The van der Waals surface area contributed by atoms with Crippen LogP contribution in [0.1, 0.15) is 26.7 Å². The number of nitrogens with zero attached hydrogens (tertiary/aromatic N) is 1. The molecule has 0 radical (unpaired) electrons. The Balaban J connectivity index is 1.75. The molecule has 0 saturated carbocycles. The molecule has 2 N–H and O–H groups in total. The molecule has 5 nitrogen and oxygen atoms in total. The molecule has 1 saturated heterocycles. The smallest absolute Gasteiger partial charge is 0.222 e. The summed E-state index contributed by atoms with van der Waals surface area (Å²) in [6.45, 7) is 6.49. The Hall–Kier alpha value is -1.66. The molecular weight excluding hydrogens is 311 g/mol. The Bertz CT molecular complexity index is 522. The molecule has 1 aliphatic heterocycles. The van der Waals surface area contributed by atoms with Gasteiger partial charge in [-0.15, -0.1) is 0 Å². The van der Waals surface area contributed by atoms with Gasteiger partial charge >= 0.3 is 0 Å². The molecule has 134 valence electrons. The Kier molecular flexibility index (Phi) is 6.99. The van der Waals surface area contributed by atoms with E-state index in [0.717, 1.165) is 26.1 Å². The van der Waals surface area contributed by atoms with Crippen molar-refractivity contribution >= 4 is 5.91 Å². The predicted molar refractivity (Wildman–Crippen MR) is 90.3 cm³/mol. The zero-order valence-corrected chi connectivity index (χ0v) is 14.4. The lowest BCUT2D eigenvalue weighted by Crippen LogP contribution is -2.44. The monoisotopic (exact) mass is 338 g/mol. The van der Waals surface area contributed by atoms with Crippen LogP contribution in [0.5, 0.6) is 5.75 Å². The number of hydrogen-bond acceptors (Lipinski definition) is 4. The molecule has 24 heavy (non-hydrogen) atoms. The maximum atomic E-state index is 12.8. The number of benzene rings is 1. The normalized spacial score (nSPS) is 22.2. The highest BCUT2D eigenvalue weighted by Crippen LogP contribution is 2.14. The van der Waals surface area contributed by atoms with Crippen LogP contribution in [0.15, 0.2) is 24.3 Å². The SMILES string of the molecule is CC(C)C(=O)N[C@H]1CCN(CCOc2ccc(F)cc2)CC[C@@H]1O. The lowest BCUT2D eigenvalue weighted by molar-refractivity contribution is -0.125. The lowest BCUT2D eigenvalue weighted by atomic mass is 10.1. The minimum absolute atomic E-state index is 0.0212. The van der Waals surface area contributed by atoms with Crippen molar-refractivity contribution in [2.75, 3.05) is 26.2 Å². The highest BCUT2D eigenvalue weighted by molar-refractivity contribution is 5.78. The molecule has 0 spiro atoms. The summed E-state index contributed by atoms with van der Waals surface area (Å²) in [6.07, 6.45) is 0.825. The molecule has 1 amide bonds. The molecule has 0 bridgehead atoms. The first-order valence-electron chi connectivity index (χ1n) is 8.55. The molecule has 0 unspecified atom stereocenters. The summed E-state index contributed by atoms with van der Waals surface area (Å²) in [4.78, 5) is 14.0. The minimum atomic E-state index is -0.518. The fraction of sp³-hybridized carbons (Fsp3) is 0.611. The van der Waals surface area contributed by atoms with Crippen molar-refractivity contribution in [3.05, 3.63) is 30.1 Å². The summed E-state index contributed by atoms with van der Waals surface area (Å²) < 4.78 is 18.5. The van der Waals surface area contributed by atoms with Gasteiger partial charge in [0.05, 0.1) is 12.1 Å². The number of hydrogen-bond donors (Lipinski definition) is 2. The van der Waals surface area contributed by atoms with Crippen LogP contribution in [-0.2, 0) is 4.79 Å². The summed E-state index contributed by atoms with van der Waals surface area (Å²) in [6, 6.07) is 5.78. The summed E-state index contributed by atoms with van der Waals surface area (Å²) in [5.74, 6) is 0.263. The molecule has 0 aliphatic carbocycles. The van der Waals surface area contributed by atoms with E-state index >= 15 is 0 Å². The van der Waals surface area contributed by atoms with E-state index in [-0.39, 0.29) is 23.7 Å². The van der Waals surface area contributed by atoms with Gasteiger partial charge in [0, 0.05) is 25.6 Å². The van der Waals surface area contributed by atoms with Gasteiger partial charge in [-0.3, -0.25) is 9.69 Å². The number of aliphatic hydroxyl groups is 1. The summed E-state index contributed by atoms with van der Waals surface area (Å²) >= 11 is 0. The number of likely N-dealkylation sites (tertiary alicyclic amines) is 1. The number of aliphatic hydroxyl groups excluding tert-OH is 1. The van der Waals surface area contributed by atoms with Crippen molar-refractivity contribution in [3.63, 3.8) is 0 Å². The number of halogens is 1. The van der Waals surface area contributed by atoms with Crippen LogP contribution in [-0.4, -0.2) is 54.3 Å². The third-order valence-corrected chi connectivity index (χ3v) is 4.30. The van der Waals surface area contributed by atoms with Crippen LogP contribution in [0.25, 0.3) is 0 Å². The van der Waals surface area contributed by atoms with Crippen LogP contribution >= 0.6 is 0 Å². The van der Waals surface area contributed by atoms with E-state index in [1.807, 2.05) is 13.8 Å². The van der Waals surface area contributed by atoms with E-state index in [4.69, 9.17) is 4.74 Å². The van der Waals surface area contributed by atoms with Gasteiger partial charge < -0.3 is 15.2 Å². The molecule has 0 aromatic heterocycles. The second-order valence-electron chi connectivity index (χ2n) is 6.56. The topological polar surface area (TPSA) is 61.8 Å². The van der Waals surface area contributed by atoms with Crippen LogP contribution in [0.3, 0.4) is 0 Å². The van der Waals surface area contributed by atoms with E-state index in [1.54, 1.807) is 12.1 Å². The van der Waals surface area contributed by atoms with Gasteiger partial charge in [-0.05, 0) is 37.1 Å².